The van der Waals surface area contributed by atoms with Crippen LogP contribution in [0.5, 0.6) is 0 Å². The number of piperidine rings is 1. The van der Waals surface area contributed by atoms with Crippen molar-refractivity contribution in [3.05, 3.63) is 29.5 Å². The lowest BCUT2D eigenvalue weighted by Gasteiger charge is -2.59. The first-order valence-electron chi connectivity index (χ1n) is 11.8. The Morgan fingerprint density at radius 2 is 2.00 bits per heavy atom. The van der Waals surface area contributed by atoms with Crippen LogP contribution in [0.3, 0.4) is 0 Å². The van der Waals surface area contributed by atoms with Gasteiger partial charge in [0.25, 0.3) is 6.43 Å². The Balaban J connectivity index is 1.33. The fourth-order valence-corrected chi connectivity index (χ4v) is 6.39. The normalized spacial score (nSPS) is 22.1. The molecule has 2 saturated heterocycles. The van der Waals surface area contributed by atoms with Gasteiger partial charge in [0.05, 0.1) is 12.1 Å². The Labute approximate surface area is 198 Å². The molecule has 1 saturated carbocycles. The number of nitrogens with one attached hydrogen (secondary N) is 1. The van der Waals surface area contributed by atoms with E-state index in [1.54, 1.807) is 37.4 Å². The molecule has 0 unspecified atom stereocenters. The number of likely N-dealkylation sites (tertiary alicyclic amines) is 1. The SMILES string of the molecule is COCCN1CC2(CC(c3cc(C(F)F)cc4cnc(NC5CCN(SC)CC5)nc34)C2)C1. The molecule has 3 fully saturated rings. The highest BCUT2D eigenvalue weighted by atomic mass is 32.2. The Morgan fingerprint density at radius 1 is 1.24 bits per heavy atom. The maximum Gasteiger partial charge on any atom is 0.263 e. The summed E-state index contributed by atoms with van der Waals surface area (Å²) in [5, 5.41) is 4.21. The smallest absolute Gasteiger partial charge is 0.263 e. The van der Waals surface area contributed by atoms with Gasteiger partial charge in [-0.25, -0.2) is 18.7 Å². The van der Waals surface area contributed by atoms with E-state index in [-0.39, 0.29) is 11.5 Å². The van der Waals surface area contributed by atoms with Gasteiger partial charge in [-0.15, -0.1) is 0 Å². The van der Waals surface area contributed by atoms with Gasteiger partial charge in [-0.2, -0.15) is 0 Å². The summed E-state index contributed by atoms with van der Waals surface area (Å²) in [5.74, 6) is 0.892. The minimum absolute atomic E-state index is 0.0718. The zero-order valence-electron chi connectivity index (χ0n) is 19.4. The molecule has 5 rings (SSSR count). The van der Waals surface area contributed by atoms with E-state index in [9.17, 15) is 8.78 Å². The van der Waals surface area contributed by atoms with Crippen LogP contribution in [0.15, 0.2) is 18.3 Å². The molecule has 0 atom stereocenters. The second kappa shape index (κ2) is 9.60. The van der Waals surface area contributed by atoms with Crippen LogP contribution in [-0.2, 0) is 4.74 Å². The van der Waals surface area contributed by atoms with Gasteiger partial charge in [0.2, 0.25) is 5.95 Å². The lowest BCUT2D eigenvalue weighted by atomic mass is 9.56. The zero-order chi connectivity index (χ0) is 23.0. The summed E-state index contributed by atoms with van der Waals surface area (Å²) in [6.45, 7) is 5.96. The molecule has 2 aromatic rings. The standard InChI is InChI=1S/C24H33F2N5OS/c1-32-8-7-30-14-24(15-30)11-18(12-24)20-10-16(22(25)26)9-17-13-27-23(29-21(17)20)28-19-3-5-31(33-2)6-4-19/h9-10,13,18-19,22H,3-8,11-12,14-15H2,1-2H3,(H,27,28,29). The van der Waals surface area contributed by atoms with E-state index in [1.807, 2.05) is 0 Å². The third kappa shape index (κ3) is 4.83. The average molecular weight is 478 g/mol. The number of halogens is 2. The number of hydrogen-bond acceptors (Lipinski definition) is 7. The summed E-state index contributed by atoms with van der Waals surface area (Å²) >= 11 is 1.79. The Morgan fingerprint density at radius 3 is 2.67 bits per heavy atom. The van der Waals surface area contributed by atoms with Crippen LogP contribution in [0.4, 0.5) is 14.7 Å². The maximum atomic E-state index is 13.6. The Bertz CT molecular complexity index is 971. The van der Waals surface area contributed by atoms with Crippen LogP contribution in [0.2, 0.25) is 0 Å². The van der Waals surface area contributed by atoms with Crippen molar-refractivity contribution in [3.63, 3.8) is 0 Å². The topological polar surface area (TPSA) is 53.5 Å². The minimum Gasteiger partial charge on any atom is -0.383 e. The molecule has 1 aromatic carbocycles. The number of aromatic nitrogens is 2. The van der Waals surface area contributed by atoms with Crippen LogP contribution < -0.4 is 5.32 Å². The van der Waals surface area contributed by atoms with Crippen LogP contribution in [0.25, 0.3) is 10.9 Å². The van der Waals surface area contributed by atoms with Gasteiger partial charge in [-0.05, 0) is 61.0 Å². The summed E-state index contributed by atoms with van der Waals surface area (Å²) in [5.41, 5.74) is 2.20. The van der Waals surface area contributed by atoms with Crippen LogP contribution >= 0.6 is 11.9 Å². The number of nitrogens with zero attached hydrogens (tertiary/aromatic N) is 4. The number of rotatable bonds is 8. The van der Waals surface area contributed by atoms with E-state index in [4.69, 9.17) is 9.72 Å². The molecule has 1 aromatic heterocycles. The van der Waals surface area contributed by atoms with Crippen LogP contribution in [0, 0.1) is 5.41 Å². The van der Waals surface area contributed by atoms with Crippen molar-refractivity contribution in [2.75, 3.05) is 58.0 Å². The van der Waals surface area contributed by atoms with Crippen molar-refractivity contribution < 1.29 is 13.5 Å². The molecule has 3 heterocycles. The average Bonchev–Trinajstić information content (AvgIpc) is 2.77. The van der Waals surface area contributed by atoms with Crippen molar-refractivity contribution in [2.45, 2.75) is 44.1 Å². The lowest BCUT2D eigenvalue weighted by Crippen LogP contribution is -2.62. The van der Waals surface area contributed by atoms with Gasteiger partial charge in [0.1, 0.15) is 0 Å². The molecule has 1 spiro atoms. The first-order chi connectivity index (χ1) is 16.0. The fraction of sp³-hybridized carbons (Fsp3) is 0.667. The molecule has 0 radical (unpaired) electrons. The number of hydrogen-bond donors (Lipinski definition) is 1. The highest BCUT2D eigenvalue weighted by Gasteiger charge is 2.52. The summed E-state index contributed by atoms with van der Waals surface area (Å²) in [6.07, 6.45) is 5.50. The fourth-order valence-electron chi connectivity index (χ4n) is 5.81. The van der Waals surface area contributed by atoms with Gasteiger partial charge in [-0.1, -0.05) is 11.9 Å². The number of anilines is 1. The van der Waals surface area contributed by atoms with E-state index in [0.29, 0.717) is 22.8 Å². The molecule has 2 aliphatic heterocycles. The number of benzene rings is 1. The molecule has 3 aliphatic rings. The molecule has 180 valence electrons. The molecule has 1 aliphatic carbocycles. The predicted octanol–water partition coefficient (Wildman–Crippen LogP) is 4.55. The van der Waals surface area contributed by atoms with E-state index in [1.165, 1.54) is 0 Å². The van der Waals surface area contributed by atoms with Crippen molar-refractivity contribution in [1.82, 2.24) is 19.2 Å². The second-order valence-electron chi connectivity index (χ2n) is 9.88. The number of alkyl halides is 2. The van der Waals surface area contributed by atoms with Crippen molar-refractivity contribution in [1.29, 1.82) is 0 Å². The number of fused-ring (bicyclic) bond motifs is 1. The van der Waals surface area contributed by atoms with E-state index in [0.717, 1.165) is 76.1 Å². The van der Waals surface area contributed by atoms with Gasteiger partial charge in [0, 0.05) is 63.0 Å². The minimum atomic E-state index is -2.49. The highest BCUT2D eigenvalue weighted by Crippen LogP contribution is 2.57. The molecular weight excluding hydrogens is 444 g/mol. The van der Waals surface area contributed by atoms with Gasteiger partial charge < -0.3 is 10.1 Å². The molecule has 1 N–H and O–H groups in total. The zero-order valence-corrected chi connectivity index (χ0v) is 20.2. The first-order valence-corrected chi connectivity index (χ1v) is 13.0. The monoisotopic (exact) mass is 477 g/mol. The van der Waals surface area contributed by atoms with Gasteiger partial charge in [-0.3, -0.25) is 9.21 Å². The van der Waals surface area contributed by atoms with Crippen LogP contribution in [-0.4, -0.2) is 77.9 Å². The third-order valence-corrected chi connectivity index (χ3v) is 8.44. The van der Waals surface area contributed by atoms with E-state index in [2.05, 4.69) is 25.8 Å². The van der Waals surface area contributed by atoms with Crippen molar-refractivity contribution in [3.8, 4) is 0 Å². The van der Waals surface area contributed by atoms with Crippen LogP contribution in [0.1, 0.15) is 49.2 Å². The Hall–Kier alpha value is -1.55. The lowest BCUT2D eigenvalue weighted by molar-refractivity contribution is -0.0792. The summed E-state index contributed by atoms with van der Waals surface area (Å²) in [6, 6.07) is 3.59. The molecule has 9 heteroatoms. The summed E-state index contributed by atoms with van der Waals surface area (Å²) in [7, 11) is 1.73. The second-order valence-corrected chi connectivity index (χ2v) is 10.8. The maximum absolute atomic E-state index is 13.6. The predicted molar refractivity (Wildman–Crippen MR) is 129 cm³/mol. The van der Waals surface area contributed by atoms with E-state index < -0.39 is 6.43 Å². The van der Waals surface area contributed by atoms with E-state index >= 15 is 0 Å². The third-order valence-electron chi connectivity index (χ3n) is 7.56. The quantitative estimate of drug-likeness (QED) is 0.560. The molecule has 0 bridgehead atoms. The number of methoxy groups -OCH3 is 1. The largest absolute Gasteiger partial charge is 0.383 e. The molecule has 0 amide bonds. The van der Waals surface area contributed by atoms with Crippen molar-refractivity contribution >= 4 is 28.8 Å². The summed E-state index contributed by atoms with van der Waals surface area (Å²) < 4.78 is 34.8. The van der Waals surface area contributed by atoms with Gasteiger partial charge >= 0.3 is 0 Å². The first kappa shape index (κ1) is 23.2. The Kier molecular flexibility index (Phi) is 6.75. The van der Waals surface area contributed by atoms with Gasteiger partial charge in [0.15, 0.2) is 0 Å². The molecular formula is C24H33F2N5OS. The van der Waals surface area contributed by atoms with Crippen molar-refractivity contribution in [2.24, 2.45) is 5.41 Å². The molecule has 33 heavy (non-hydrogen) atoms. The molecule has 6 nitrogen and oxygen atoms in total. The summed E-state index contributed by atoms with van der Waals surface area (Å²) in [4.78, 5) is 11.7. The highest BCUT2D eigenvalue weighted by molar-refractivity contribution is 7.96. The number of ether oxygens (including phenoxy) is 1.